The summed E-state index contributed by atoms with van der Waals surface area (Å²) in [5.41, 5.74) is 0. The molecular weight excluding hydrogens is 451 g/mol. The van der Waals surface area contributed by atoms with Crippen LogP contribution >= 0.6 is 35.7 Å². The Morgan fingerprint density at radius 3 is 2.72 bits per heavy atom. The molecule has 146 valence electrons. The molecule has 25 heavy (non-hydrogen) atoms. The highest BCUT2D eigenvalue weighted by Crippen LogP contribution is 2.33. The average molecular weight is 484 g/mol. The van der Waals surface area contributed by atoms with E-state index in [0.29, 0.717) is 5.91 Å². The quantitative estimate of drug-likeness (QED) is 0.239. The molecular formula is C17H33IN4O2S. The minimum Gasteiger partial charge on any atom is -0.381 e. The van der Waals surface area contributed by atoms with Crippen LogP contribution in [0, 0.1) is 0 Å². The van der Waals surface area contributed by atoms with Crippen molar-refractivity contribution in [1.82, 2.24) is 15.5 Å². The monoisotopic (exact) mass is 484 g/mol. The fraction of sp³-hybridized carbons (Fsp3) is 0.882. The van der Waals surface area contributed by atoms with E-state index < -0.39 is 0 Å². The van der Waals surface area contributed by atoms with Crippen molar-refractivity contribution < 1.29 is 9.53 Å². The topological polar surface area (TPSA) is 66.0 Å². The zero-order chi connectivity index (χ0) is 17.3. The van der Waals surface area contributed by atoms with E-state index in [1.165, 1.54) is 0 Å². The molecule has 0 aromatic carbocycles. The molecule has 1 amide bonds. The number of rotatable bonds is 8. The van der Waals surface area contributed by atoms with Gasteiger partial charge in [0.15, 0.2) is 5.96 Å². The summed E-state index contributed by atoms with van der Waals surface area (Å²) in [7, 11) is 0. The van der Waals surface area contributed by atoms with Gasteiger partial charge >= 0.3 is 0 Å². The summed E-state index contributed by atoms with van der Waals surface area (Å²) >= 11 is 1.91. The van der Waals surface area contributed by atoms with E-state index in [2.05, 4.69) is 23.8 Å². The van der Waals surface area contributed by atoms with E-state index in [1.807, 2.05) is 16.7 Å². The number of nitrogens with one attached hydrogen (secondary N) is 2. The fourth-order valence-electron chi connectivity index (χ4n) is 3.15. The Balaban J connectivity index is 0.00000312. The molecule has 6 nitrogen and oxygen atoms in total. The number of likely N-dealkylation sites (tertiary alicyclic amines) is 1. The predicted molar refractivity (Wildman–Crippen MR) is 116 cm³/mol. The third-order valence-electron chi connectivity index (χ3n) is 4.78. The molecule has 2 fully saturated rings. The summed E-state index contributed by atoms with van der Waals surface area (Å²) < 4.78 is 5.70. The van der Waals surface area contributed by atoms with Crippen LogP contribution in [0.1, 0.15) is 39.0 Å². The molecule has 0 aromatic rings. The van der Waals surface area contributed by atoms with Crippen LogP contribution in [0.3, 0.4) is 0 Å². The number of carbonyl (C=O) groups is 1. The Hall–Kier alpha value is -0.220. The van der Waals surface area contributed by atoms with Crippen molar-refractivity contribution in [2.75, 3.05) is 52.2 Å². The number of guanidine groups is 1. The van der Waals surface area contributed by atoms with Gasteiger partial charge in [-0.1, -0.05) is 0 Å². The molecule has 2 N–H and O–H groups in total. The zero-order valence-electron chi connectivity index (χ0n) is 15.5. The van der Waals surface area contributed by atoms with Crippen LogP contribution in [0.4, 0.5) is 0 Å². The molecule has 0 radical (unpaired) electrons. The second kappa shape index (κ2) is 12.2. The van der Waals surface area contributed by atoms with Gasteiger partial charge in [0, 0.05) is 50.6 Å². The number of nitrogens with zero attached hydrogens (tertiary/aromatic N) is 2. The molecule has 0 saturated carbocycles. The van der Waals surface area contributed by atoms with Crippen molar-refractivity contribution >= 4 is 47.6 Å². The van der Waals surface area contributed by atoms with E-state index >= 15 is 0 Å². The Kier molecular flexibility index (Phi) is 11.2. The van der Waals surface area contributed by atoms with Crippen molar-refractivity contribution in [3.8, 4) is 0 Å². The number of amides is 1. The molecule has 2 aliphatic rings. The molecule has 0 spiro atoms. The van der Waals surface area contributed by atoms with Gasteiger partial charge in [0.05, 0.1) is 6.54 Å². The van der Waals surface area contributed by atoms with Gasteiger partial charge in [-0.25, -0.2) is 0 Å². The van der Waals surface area contributed by atoms with Gasteiger partial charge in [-0.3, -0.25) is 9.79 Å². The normalized spacial score (nSPS) is 20.3. The number of ether oxygens (including phenoxy) is 1. The molecule has 0 aliphatic carbocycles. The molecule has 2 saturated heterocycles. The van der Waals surface area contributed by atoms with Gasteiger partial charge in [-0.15, -0.1) is 24.0 Å². The summed E-state index contributed by atoms with van der Waals surface area (Å²) in [6.07, 6.45) is 6.99. The maximum Gasteiger partial charge on any atom is 0.222 e. The SMILES string of the molecule is CCNC(=NCC1(SC)CCOCC1)NCCCN1CCCC1=O.I. The van der Waals surface area contributed by atoms with E-state index in [1.54, 1.807) is 0 Å². The first-order valence-corrected chi connectivity index (χ1v) is 10.3. The lowest BCUT2D eigenvalue weighted by Gasteiger charge is -2.34. The first kappa shape index (κ1) is 22.8. The fourth-order valence-corrected chi connectivity index (χ4v) is 3.92. The molecule has 2 heterocycles. The van der Waals surface area contributed by atoms with Crippen LogP contribution in [0.15, 0.2) is 4.99 Å². The Labute approximate surface area is 173 Å². The highest BCUT2D eigenvalue weighted by atomic mass is 127. The van der Waals surface area contributed by atoms with Crippen LogP contribution < -0.4 is 10.6 Å². The van der Waals surface area contributed by atoms with E-state index in [-0.39, 0.29) is 28.7 Å². The molecule has 0 aromatic heterocycles. The van der Waals surface area contributed by atoms with Gasteiger partial charge in [-0.2, -0.15) is 11.8 Å². The highest BCUT2D eigenvalue weighted by Gasteiger charge is 2.31. The molecule has 0 unspecified atom stereocenters. The summed E-state index contributed by atoms with van der Waals surface area (Å²) in [6, 6.07) is 0. The Bertz CT molecular complexity index is 431. The second-order valence-corrected chi connectivity index (χ2v) is 7.73. The number of aliphatic imine (C=N–C) groups is 1. The van der Waals surface area contributed by atoms with Crippen molar-refractivity contribution in [1.29, 1.82) is 0 Å². The van der Waals surface area contributed by atoms with Gasteiger partial charge in [0.1, 0.15) is 0 Å². The number of carbonyl (C=O) groups excluding carboxylic acids is 1. The van der Waals surface area contributed by atoms with Crippen LogP contribution in [-0.2, 0) is 9.53 Å². The number of hydrogen-bond donors (Lipinski definition) is 2. The molecule has 0 atom stereocenters. The Morgan fingerprint density at radius 2 is 2.12 bits per heavy atom. The molecule has 0 bridgehead atoms. The van der Waals surface area contributed by atoms with Crippen molar-refractivity contribution in [3.63, 3.8) is 0 Å². The number of thioether (sulfide) groups is 1. The standard InChI is InChI=1S/C17H32N4O2S.HI/c1-3-18-16(19-9-5-11-21-10-4-6-15(21)22)20-14-17(24-2)7-12-23-13-8-17;/h3-14H2,1-2H3,(H2,18,19,20);1H. The van der Waals surface area contributed by atoms with Crippen LogP contribution in [-0.4, -0.2) is 73.7 Å². The van der Waals surface area contributed by atoms with Crippen molar-refractivity contribution in [2.24, 2.45) is 4.99 Å². The Morgan fingerprint density at radius 1 is 1.36 bits per heavy atom. The van der Waals surface area contributed by atoms with Crippen LogP contribution in [0.25, 0.3) is 0 Å². The lowest BCUT2D eigenvalue weighted by Crippen LogP contribution is -2.41. The first-order valence-electron chi connectivity index (χ1n) is 9.12. The van der Waals surface area contributed by atoms with Crippen molar-refractivity contribution in [3.05, 3.63) is 0 Å². The summed E-state index contributed by atoms with van der Waals surface area (Å²) in [5, 5.41) is 6.72. The summed E-state index contributed by atoms with van der Waals surface area (Å²) in [5.74, 6) is 1.18. The third-order valence-corrected chi connectivity index (χ3v) is 6.18. The van der Waals surface area contributed by atoms with Gasteiger partial charge in [-0.05, 0) is 38.9 Å². The van der Waals surface area contributed by atoms with Gasteiger partial charge in [0.2, 0.25) is 5.91 Å². The average Bonchev–Trinajstić information content (AvgIpc) is 3.02. The number of halogens is 1. The third kappa shape index (κ3) is 7.50. The van der Waals surface area contributed by atoms with E-state index in [4.69, 9.17) is 9.73 Å². The molecule has 8 heteroatoms. The number of hydrogen-bond acceptors (Lipinski definition) is 4. The largest absolute Gasteiger partial charge is 0.381 e. The zero-order valence-corrected chi connectivity index (χ0v) is 18.7. The maximum atomic E-state index is 11.6. The maximum absolute atomic E-state index is 11.6. The van der Waals surface area contributed by atoms with E-state index in [0.717, 1.165) is 84.0 Å². The summed E-state index contributed by atoms with van der Waals surface area (Å²) in [6.45, 7) is 8.03. The molecule has 2 rings (SSSR count). The smallest absolute Gasteiger partial charge is 0.222 e. The summed E-state index contributed by atoms with van der Waals surface area (Å²) in [4.78, 5) is 18.4. The highest BCUT2D eigenvalue weighted by molar-refractivity contribution is 14.0. The minimum atomic E-state index is 0. The minimum absolute atomic E-state index is 0. The lowest BCUT2D eigenvalue weighted by molar-refractivity contribution is -0.127. The van der Waals surface area contributed by atoms with E-state index in [9.17, 15) is 4.79 Å². The van der Waals surface area contributed by atoms with Crippen molar-refractivity contribution in [2.45, 2.75) is 43.8 Å². The second-order valence-electron chi connectivity index (χ2n) is 6.46. The molecule has 2 aliphatic heterocycles. The van der Waals surface area contributed by atoms with Crippen LogP contribution in [0.5, 0.6) is 0 Å². The van der Waals surface area contributed by atoms with Crippen LogP contribution in [0.2, 0.25) is 0 Å². The van der Waals surface area contributed by atoms with Gasteiger partial charge < -0.3 is 20.3 Å². The first-order chi connectivity index (χ1) is 11.7. The lowest BCUT2D eigenvalue weighted by atomic mass is 9.99. The predicted octanol–water partition coefficient (Wildman–Crippen LogP) is 2.08. The van der Waals surface area contributed by atoms with Gasteiger partial charge in [0.25, 0.3) is 0 Å².